The summed E-state index contributed by atoms with van der Waals surface area (Å²) in [5.41, 5.74) is 0. The molecule has 0 spiro atoms. The van der Waals surface area contributed by atoms with Crippen LogP contribution in [0, 0.1) is 13.2 Å². The van der Waals surface area contributed by atoms with Gasteiger partial charge in [0, 0.05) is 42.5 Å². The van der Waals surface area contributed by atoms with E-state index < -0.39 is 0 Å². The average Bonchev–Trinajstić information content (AvgIpc) is 3.65. The van der Waals surface area contributed by atoms with Gasteiger partial charge in [0.15, 0.2) is 24.7 Å². The minimum atomic E-state index is 0.153. The molecule has 0 saturated heterocycles. The van der Waals surface area contributed by atoms with E-state index in [0.717, 1.165) is 39.0 Å². The summed E-state index contributed by atoms with van der Waals surface area (Å²) >= 11 is 6.35. The Labute approximate surface area is 216 Å². The number of rotatable bonds is 12. The van der Waals surface area contributed by atoms with Crippen LogP contribution < -0.4 is 0 Å². The zero-order valence-corrected chi connectivity index (χ0v) is 22.3. The number of thiophene rings is 4. The van der Waals surface area contributed by atoms with Crippen molar-refractivity contribution in [1.82, 2.24) is 0 Å². The van der Waals surface area contributed by atoms with Crippen molar-refractivity contribution in [1.29, 1.82) is 0 Å². The van der Waals surface area contributed by atoms with E-state index in [9.17, 15) is 5.11 Å². The number of hydrogen-bond acceptors (Lipinski definition) is 8. The maximum atomic E-state index is 11.1. The Kier molecular flexibility index (Phi) is 8.99. The SMILES string of the molecule is CCO[C]c1ccc(-c2ccc(/C(O)=C(\OCC)c3ccc(-c4ccc([C]OCC)s4)s3)s2)s1. The van der Waals surface area contributed by atoms with Gasteiger partial charge in [0.05, 0.1) is 16.4 Å². The fourth-order valence-electron chi connectivity index (χ4n) is 3.04. The van der Waals surface area contributed by atoms with Crippen LogP contribution in [0.3, 0.4) is 0 Å². The summed E-state index contributed by atoms with van der Waals surface area (Å²) in [5.74, 6) is 0.654. The van der Waals surface area contributed by atoms with Crippen LogP contribution in [0.15, 0.2) is 48.5 Å². The number of aliphatic hydroxyl groups excluding tert-OH is 1. The highest BCUT2D eigenvalue weighted by Crippen LogP contribution is 2.41. The van der Waals surface area contributed by atoms with Gasteiger partial charge in [-0.2, -0.15) is 0 Å². The van der Waals surface area contributed by atoms with Crippen molar-refractivity contribution >= 4 is 56.9 Å². The van der Waals surface area contributed by atoms with Crippen molar-refractivity contribution in [2.24, 2.45) is 0 Å². The highest BCUT2D eigenvalue weighted by molar-refractivity contribution is 7.23. The minimum absolute atomic E-state index is 0.153. The number of ether oxygens (including phenoxy) is 3. The molecule has 0 atom stereocenters. The monoisotopic (exact) mass is 528 g/mol. The van der Waals surface area contributed by atoms with Gasteiger partial charge in [-0.25, -0.2) is 0 Å². The molecule has 4 aromatic heterocycles. The van der Waals surface area contributed by atoms with Crippen molar-refractivity contribution in [2.45, 2.75) is 20.8 Å². The molecule has 0 amide bonds. The molecule has 176 valence electrons. The van der Waals surface area contributed by atoms with Crippen LogP contribution >= 0.6 is 45.3 Å². The van der Waals surface area contributed by atoms with Gasteiger partial charge >= 0.3 is 0 Å². The van der Waals surface area contributed by atoms with E-state index in [-0.39, 0.29) is 5.76 Å². The van der Waals surface area contributed by atoms with Crippen LogP contribution in [0.5, 0.6) is 0 Å². The molecule has 0 aliphatic carbocycles. The van der Waals surface area contributed by atoms with E-state index in [1.54, 1.807) is 34.0 Å². The standard InChI is InChI=1S/C26H24O4S4/c1-4-28-15-17-7-9-19(31-17)21-11-13-23(33-21)25(27)26(30-6-3)24-14-12-22(34-24)20-10-8-18(32-20)16-29-5-2/h7-14,27H,4-6H2,1-3H3/b26-25+. The molecule has 0 saturated carbocycles. The van der Waals surface area contributed by atoms with Gasteiger partial charge in [0.2, 0.25) is 0 Å². The smallest absolute Gasteiger partial charge is 0.179 e. The summed E-state index contributed by atoms with van der Waals surface area (Å²) < 4.78 is 16.4. The molecule has 1 N–H and O–H groups in total. The second-order valence-corrected chi connectivity index (χ2v) is 11.2. The van der Waals surface area contributed by atoms with Gasteiger partial charge in [-0.3, -0.25) is 0 Å². The maximum absolute atomic E-state index is 11.1. The fourth-order valence-corrected chi connectivity index (χ4v) is 6.89. The molecule has 34 heavy (non-hydrogen) atoms. The van der Waals surface area contributed by atoms with Crippen molar-refractivity contribution in [3.05, 3.63) is 81.3 Å². The topological polar surface area (TPSA) is 47.9 Å². The largest absolute Gasteiger partial charge is 0.503 e. The fraction of sp³-hybridized carbons (Fsp3) is 0.231. The number of hydrogen-bond donors (Lipinski definition) is 1. The molecule has 4 rings (SSSR count). The molecule has 0 bridgehead atoms. The first-order valence-corrected chi connectivity index (χ1v) is 14.1. The average molecular weight is 529 g/mol. The van der Waals surface area contributed by atoms with E-state index in [4.69, 9.17) is 14.2 Å². The third kappa shape index (κ3) is 6.00. The van der Waals surface area contributed by atoms with Crippen molar-refractivity contribution in [3.63, 3.8) is 0 Å². The second-order valence-electron chi connectivity index (χ2n) is 6.84. The lowest BCUT2D eigenvalue weighted by Crippen LogP contribution is -1.94. The normalized spacial score (nSPS) is 12.2. The summed E-state index contributed by atoms with van der Waals surface area (Å²) in [6, 6.07) is 16.1. The third-order valence-corrected chi connectivity index (χ3v) is 9.04. The molecule has 0 aromatic carbocycles. The molecule has 4 aromatic rings. The van der Waals surface area contributed by atoms with Crippen LogP contribution in [-0.4, -0.2) is 24.9 Å². The quantitative estimate of drug-likeness (QED) is 0.187. The Bertz CT molecular complexity index is 1230. The lowest BCUT2D eigenvalue weighted by molar-refractivity contribution is 0.231. The molecule has 0 unspecified atom stereocenters. The highest BCUT2D eigenvalue weighted by atomic mass is 32.1. The zero-order valence-electron chi connectivity index (χ0n) is 19.0. The molecule has 4 heterocycles. The first-order chi connectivity index (χ1) is 16.6. The van der Waals surface area contributed by atoms with E-state index in [0.29, 0.717) is 25.6 Å². The Morgan fingerprint density at radius 3 is 1.65 bits per heavy atom. The molecular weight excluding hydrogens is 505 g/mol. The van der Waals surface area contributed by atoms with Crippen LogP contribution in [0.25, 0.3) is 31.0 Å². The van der Waals surface area contributed by atoms with Gasteiger partial charge in [0.25, 0.3) is 0 Å². The van der Waals surface area contributed by atoms with Crippen LogP contribution in [0.1, 0.15) is 40.3 Å². The molecule has 0 fully saturated rings. The lowest BCUT2D eigenvalue weighted by Gasteiger charge is -2.09. The highest BCUT2D eigenvalue weighted by Gasteiger charge is 2.18. The summed E-state index contributed by atoms with van der Waals surface area (Å²) in [6.07, 6.45) is 0. The van der Waals surface area contributed by atoms with E-state index in [1.165, 1.54) is 11.3 Å². The Morgan fingerprint density at radius 1 is 0.647 bits per heavy atom. The Morgan fingerprint density at radius 2 is 1.12 bits per heavy atom. The Hall–Kier alpha value is -1.94. The third-order valence-electron chi connectivity index (χ3n) is 4.50. The van der Waals surface area contributed by atoms with Gasteiger partial charge < -0.3 is 19.3 Å². The summed E-state index contributed by atoms with van der Waals surface area (Å²) in [5, 5.41) is 11.1. The van der Waals surface area contributed by atoms with Gasteiger partial charge in [-0.15, -0.1) is 45.3 Å². The van der Waals surface area contributed by atoms with Crippen LogP contribution in [0.4, 0.5) is 0 Å². The first kappa shape index (κ1) is 25.2. The van der Waals surface area contributed by atoms with Gasteiger partial charge in [-0.1, -0.05) is 0 Å². The summed E-state index contributed by atoms with van der Waals surface area (Å²) in [6.45, 7) is 13.3. The molecule has 0 aliphatic rings. The minimum Gasteiger partial charge on any atom is -0.503 e. The summed E-state index contributed by atoms with van der Waals surface area (Å²) in [4.78, 5) is 7.96. The van der Waals surface area contributed by atoms with E-state index in [2.05, 4.69) is 25.3 Å². The first-order valence-electron chi connectivity index (χ1n) is 10.8. The molecule has 4 radical (unpaired) electrons. The lowest BCUT2D eigenvalue weighted by atomic mass is 10.3. The summed E-state index contributed by atoms with van der Waals surface area (Å²) in [7, 11) is 0. The van der Waals surface area contributed by atoms with Gasteiger partial charge in [0.1, 0.15) is 0 Å². The second kappa shape index (κ2) is 12.2. The maximum Gasteiger partial charge on any atom is 0.179 e. The van der Waals surface area contributed by atoms with Crippen LogP contribution in [-0.2, 0) is 14.2 Å². The molecule has 8 heteroatoms. The molecule has 0 aliphatic heterocycles. The molecular formula is C26H24O4S4. The Balaban J connectivity index is 1.57. The van der Waals surface area contributed by atoms with Crippen molar-refractivity contribution < 1.29 is 19.3 Å². The zero-order chi connectivity index (χ0) is 23.9. The van der Waals surface area contributed by atoms with Crippen LogP contribution in [0.2, 0.25) is 0 Å². The number of aliphatic hydroxyl groups is 1. The van der Waals surface area contributed by atoms with Gasteiger partial charge in [-0.05, 0) is 69.3 Å². The van der Waals surface area contributed by atoms with E-state index in [1.807, 2.05) is 57.2 Å². The van der Waals surface area contributed by atoms with Crippen molar-refractivity contribution in [3.8, 4) is 19.5 Å². The molecule has 4 nitrogen and oxygen atoms in total. The predicted octanol–water partition coefficient (Wildman–Crippen LogP) is 8.53. The predicted molar refractivity (Wildman–Crippen MR) is 144 cm³/mol. The van der Waals surface area contributed by atoms with E-state index >= 15 is 0 Å². The van der Waals surface area contributed by atoms with Crippen molar-refractivity contribution in [2.75, 3.05) is 19.8 Å².